The van der Waals surface area contributed by atoms with E-state index in [9.17, 15) is 9.18 Å². The fraction of sp³-hybridized carbons (Fsp3) is 0.346. The van der Waals surface area contributed by atoms with E-state index in [0.29, 0.717) is 35.7 Å². The smallest absolute Gasteiger partial charge is 0.260 e. The van der Waals surface area contributed by atoms with E-state index in [0.717, 1.165) is 29.2 Å². The molecule has 1 aromatic heterocycles. The lowest BCUT2D eigenvalue weighted by Crippen LogP contribution is -2.34. The highest BCUT2D eigenvalue weighted by molar-refractivity contribution is 7.99. The van der Waals surface area contributed by atoms with Crippen LogP contribution in [0.2, 0.25) is 0 Å². The minimum atomic E-state index is -0.559. The Balaban J connectivity index is 1.70. The van der Waals surface area contributed by atoms with Crippen LogP contribution in [0.25, 0.3) is 11.1 Å². The fourth-order valence-electron chi connectivity index (χ4n) is 4.53. The Morgan fingerprint density at radius 2 is 1.94 bits per heavy atom. The van der Waals surface area contributed by atoms with E-state index >= 15 is 4.39 Å². The van der Waals surface area contributed by atoms with Gasteiger partial charge in [0, 0.05) is 30.3 Å². The number of rotatable bonds is 7. The molecule has 1 N–H and O–H groups in total. The maximum Gasteiger partial charge on any atom is 0.260 e. The number of fused-ring (bicyclic) bond motifs is 1. The van der Waals surface area contributed by atoms with Crippen molar-refractivity contribution in [1.29, 1.82) is 0 Å². The van der Waals surface area contributed by atoms with Gasteiger partial charge in [-0.2, -0.15) is 0 Å². The van der Waals surface area contributed by atoms with Gasteiger partial charge in [0.15, 0.2) is 11.6 Å². The number of aromatic nitrogens is 1. The molecule has 33 heavy (non-hydrogen) atoms. The monoisotopic (exact) mass is 468 g/mol. The Morgan fingerprint density at radius 1 is 1.15 bits per heavy atom. The van der Waals surface area contributed by atoms with Crippen LogP contribution in [0.15, 0.2) is 52.3 Å². The molecule has 172 valence electrons. The first-order valence-electron chi connectivity index (χ1n) is 11.2. The lowest BCUT2D eigenvalue weighted by Gasteiger charge is -2.21. The van der Waals surface area contributed by atoms with Crippen molar-refractivity contribution in [1.82, 2.24) is 9.88 Å². The van der Waals surface area contributed by atoms with Crippen molar-refractivity contribution in [3.63, 3.8) is 0 Å². The molecule has 1 saturated carbocycles. The van der Waals surface area contributed by atoms with Gasteiger partial charge in [0.1, 0.15) is 5.82 Å². The maximum atomic E-state index is 15.3. The average molecular weight is 469 g/mol. The van der Waals surface area contributed by atoms with Crippen LogP contribution in [-0.2, 0) is 6.42 Å². The molecule has 1 aliphatic carbocycles. The zero-order valence-electron chi connectivity index (χ0n) is 18.7. The number of hydrogen-bond acceptors (Lipinski definition) is 4. The molecular weight excluding hydrogens is 442 g/mol. The van der Waals surface area contributed by atoms with Crippen molar-refractivity contribution in [3.8, 4) is 16.9 Å². The molecule has 2 aromatic carbocycles. The van der Waals surface area contributed by atoms with Gasteiger partial charge in [-0.1, -0.05) is 30.3 Å². The molecule has 1 aliphatic heterocycles. The predicted octanol–water partition coefficient (Wildman–Crippen LogP) is 5.10. The molecule has 0 amide bonds. The van der Waals surface area contributed by atoms with Crippen LogP contribution < -0.4 is 15.6 Å². The summed E-state index contributed by atoms with van der Waals surface area (Å²) in [7, 11) is 1.41. The maximum absolute atomic E-state index is 15.3. The number of methoxy groups -OCH3 is 1. The molecule has 0 radical (unpaired) electrons. The summed E-state index contributed by atoms with van der Waals surface area (Å²) in [5, 5.41) is 4.38. The summed E-state index contributed by atoms with van der Waals surface area (Å²) in [5.41, 5.74) is 2.44. The number of benzene rings is 2. The molecule has 1 unspecified atom stereocenters. The third-order valence-corrected chi connectivity index (χ3v) is 7.78. The van der Waals surface area contributed by atoms with Gasteiger partial charge in [-0.05, 0) is 48.6 Å². The van der Waals surface area contributed by atoms with Crippen molar-refractivity contribution in [2.24, 2.45) is 0 Å². The molecule has 0 spiro atoms. The Hall–Kier alpha value is -2.64. The molecule has 4 nitrogen and oxygen atoms in total. The standard InChI is InChI=1S/C26H26F2N2O2S/c1-15-20(12-16-6-3-4-8-21(16)27)26-30(18(14-33-26)13-29-17-10-11-17)25(31)23(15)19-7-5-9-22(32-2)24(19)28/h3-9,17-18,29H,10-14H2,1-2H3. The second-order valence-electron chi connectivity index (χ2n) is 8.70. The Kier molecular flexibility index (Phi) is 6.01. The molecule has 3 aromatic rings. The number of halogens is 2. The molecule has 5 rings (SSSR count). The molecule has 1 fully saturated rings. The van der Waals surface area contributed by atoms with E-state index in [2.05, 4.69) is 5.32 Å². The normalized spacial score (nSPS) is 17.3. The van der Waals surface area contributed by atoms with Crippen LogP contribution in [0.4, 0.5) is 8.78 Å². The molecule has 1 atom stereocenters. The fourth-order valence-corrected chi connectivity index (χ4v) is 5.91. The SMILES string of the molecule is COc1cccc(-c2c(C)c(Cc3ccccc3F)c3n(c2=O)C(CNC2CC2)CS3)c1F. The first kappa shape index (κ1) is 22.2. The van der Waals surface area contributed by atoms with Crippen molar-refractivity contribution in [2.45, 2.75) is 43.3 Å². The topological polar surface area (TPSA) is 43.3 Å². The van der Waals surface area contributed by atoms with Crippen LogP contribution in [0.1, 0.15) is 35.6 Å². The van der Waals surface area contributed by atoms with Crippen LogP contribution >= 0.6 is 11.8 Å². The van der Waals surface area contributed by atoms with Crippen molar-refractivity contribution >= 4 is 11.8 Å². The van der Waals surface area contributed by atoms with Gasteiger partial charge < -0.3 is 10.1 Å². The zero-order valence-corrected chi connectivity index (χ0v) is 19.5. The summed E-state index contributed by atoms with van der Waals surface area (Å²) >= 11 is 1.63. The molecule has 2 aliphatic rings. The van der Waals surface area contributed by atoms with Gasteiger partial charge in [0.2, 0.25) is 0 Å². The zero-order chi connectivity index (χ0) is 23.1. The second-order valence-corrected chi connectivity index (χ2v) is 9.70. The van der Waals surface area contributed by atoms with Crippen molar-refractivity contribution < 1.29 is 13.5 Å². The highest BCUT2D eigenvalue weighted by Gasteiger charge is 2.32. The van der Waals surface area contributed by atoms with Gasteiger partial charge in [-0.25, -0.2) is 8.78 Å². The summed E-state index contributed by atoms with van der Waals surface area (Å²) in [4.78, 5) is 13.8. The van der Waals surface area contributed by atoms with Gasteiger partial charge in [0.25, 0.3) is 5.56 Å². The summed E-state index contributed by atoms with van der Waals surface area (Å²) in [6.07, 6.45) is 2.66. The van der Waals surface area contributed by atoms with Crippen LogP contribution in [0, 0.1) is 18.6 Å². The largest absolute Gasteiger partial charge is 0.494 e. The Labute approximate surface area is 196 Å². The molecule has 0 bridgehead atoms. The quantitative estimate of drug-likeness (QED) is 0.524. The number of ether oxygens (including phenoxy) is 1. The van der Waals surface area contributed by atoms with E-state index in [4.69, 9.17) is 4.74 Å². The summed E-state index contributed by atoms with van der Waals surface area (Å²) < 4.78 is 36.8. The molecule has 0 saturated heterocycles. The van der Waals surface area contributed by atoms with E-state index in [1.54, 1.807) is 46.7 Å². The van der Waals surface area contributed by atoms with Crippen LogP contribution in [0.5, 0.6) is 5.75 Å². The minimum Gasteiger partial charge on any atom is -0.494 e. The summed E-state index contributed by atoms with van der Waals surface area (Å²) in [6, 6.07) is 12.0. The number of hydrogen-bond donors (Lipinski definition) is 1. The van der Waals surface area contributed by atoms with E-state index in [1.807, 2.05) is 6.92 Å². The predicted molar refractivity (Wildman–Crippen MR) is 127 cm³/mol. The second kappa shape index (κ2) is 8.95. The Bertz CT molecular complexity index is 1270. The van der Waals surface area contributed by atoms with E-state index in [1.165, 1.54) is 19.2 Å². The van der Waals surface area contributed by atoms with Crippen molar-refractivity contribution in [3.05, 3.63) is 81.1 Å². The lowest BCUT2D eigenvalue weighted by atomic mass is 9.94. The summed E-state index contributed by atoms with van der Waals surface area (Å²) in [6.45, 7) is 2.52. The molecule has 2 heterocycles. The third-order valence-electron chi connectivity index (χ3n) is 6.51. The number of nitrogens with zero attached hydrogens (tertiary/aromatic N) is 1. The number of thioether (sulfide) groups is 1. The number of nitrogens with one attached hydrogen (secondary N) is 1. The van der Waals surface area contributed by atoms with Gasteiger partial charge in [0.05, 0.1) is 23.7 Å². The molecular formula is C26H26F2N2O2S. The average Bonchev–Trinajstić information content (AvgIpc) is 3.55. The highest BCUT2D eigenvalue weighted by Crippen LogP contribution is 2.40. The molecule has 7 heteroatoms. The number of pyridine rings is 1. The highest BCUT2D eigenvalue weighted by atomic mass is 32.2. The van der Waals surface area contributed by atoms with Crippen molar-refractivity contribution in [2.75, 3.05) is 19.4 Å². The van der Waals surface area contributed by atoms with Gasteiger partial charge >= 0.3 is 0 Å². The first-order valence-corrected chi connectivity index (χ1v) is 12.2. The Morgan fingerprint density at radius 3 is 2.67 bits per heavy atom. The van der Waals surface area contributed by atoms with Gasteiger partial charge in [-0.15, -0.1) is 11.8 Å². The summed E-state index contributed by atoms with van der Waals surface area (Å²) in [5.74, 6) is -0.00139. The van der Waals surface area contributed by atoms with E-state index in [-0.39, 0.29) is 28.7 Å². The van der Waals surface area contributed by atoms with E-state index < -0.39 is 5.82 Å². The van der Waals surface area contributed by atoms with Crippen LogP contribution in [-0.4, -0.2) is 30.0 Å². The first-order chi connectivity index (χ1) is 16.0. The lowest BCUT2D eigenvalue weighted by molar-refractivity contribution is 0.387. The van der Waals surface area contributed by atoms with Gasteiger partial charge in [-0.3, -0.25) is 9.36 Å². The van der Waals surface area contributed by atoms with Crippen LogP contribution in [0.3, 0.4) is 0 Å². The third kappa shape index (κ3) is 4.08. The minimum absolute atomic E-state index is 0.0366.